The first kappa shape index (κ1) is 16.3. The Kier molecular flexibility index (Phi) is 4.91. The minimum atomic E-state index is -0.473. The number of hydrogen-bond acceptors (Lipinski definition) is 4. The summed E-state index contributed by atoms with van der Waals surface area (Å²) in [6.07, 6.45) is 3.98. The van der Waals surface area contributed by atoms with E-state index in [4.69, 9.17) is 4.74 Å². The Hall–Kier alpha value is -1.10. The van der Waals surface area contributed by atoms with E-state index in [0.29, 0.717) is 12.6 Å². The van der Waals surface area contributed by atoms with E-state index in [2.05, 4.69) is 0 Å². The third-order valence-electron chi connectivity index (χ3n) is 4.03. The lowest BCUT2D eigenvalue weighted by Gasteiger charge is -2.29. The molecule has 120 valence electrons. The number of likely N-dealkylation sites (N-methyl/N-ethyl adjacent to an activating group) is 1. The summed E-state index contributed by atoms with van der Waals surface area (Å²) in [5.41, 5.74) is -0.473. The summed E-state index contributed by atoms with van der Waals surface area (Å²) in [7, 11) is 0. The number of ether oxygens (including phenoxy) is 1. The van der Waals surface area contributed by atoms with Crippen molar-refractivity contribution in [1.29, 1.82) is 0 Å². The Balaban J connectivity index is 1.92. The van der Waals surface area contributed by atoms with Crippen LogP contribution in [0.1, 0.15) is 53.4 Å². The molecule has 1 atom stereocenters. The molecule has 2 aliphatic rings. The van der Waals surface area contributed by atoms with Crippen molar-refractivity contribution < 1.29 is 14.3 Å². The first-order valence-electron chi connectivity index (χ1n) is 8.08. The van der Waals surface area contributed by atoms with Crippen molar-refractivity contribution in [3.63, 3.8) is 0 Å². The van der Waals surface area contributed by atoms with Crippen molar-refractivity contribution >= 4 is 11.9 Å². The van der Waals surface area contributed by atoms with Gasteiger partial charge in [-0.2, -0.15) is 0 Å². The molecule has 21 heavy (non-hydrogen) atoms. The van der Waals surface area contributed by atoms with Gasteiger partial charge in [-0.15, -0.1) is 0 Å². The molecule has 0 N–H and O–H groups in total. The Morgan fingerprint density at radius 1 is 1.24 bits per heavy atom. The topological polar surface area (TPSA) is 49.9 Å². The van der Waals surface area contributed by atoms with E-state index in [-0.39, 0.29) is 17.9 Å². The second-order valence-corrected chi connectivity index (χ2v) is 7.07. The molecule has 2 fully saturated rings. The van der Waals surface area contributed by atoms with Gasteiger partial charge in [0.1, 0.15) is 11.6 Å². The zero-order chi connectivity index (χ0) is 15.6. The third kappa shape index (κ3) is 4.43. The molecule has 1 aliphatic heterocycles. The predicted octanol–water partition coefficient (Wildman–Crippen LogP) is 1.80. The molecule has 1 saturated heterocycles. The van der Waals surface area contributed by atoms with E-state index in [1.807, 2.05) is 37.5 Å². The van der Waals surface area contributed by atoms with E-state index >= 15 is 0 Å². The van der Waals surface area contributed by atoms with E-state index in [1.54, 1.807) is 0 Å². The molecular formula is C16H28N2O3. The number of nitrogens with zero attached hydrogens (tertiary/aromatic N) is 2. The van der Waals surface area contributed by atoms with Crippen LogP contribution < -0.4 is 0 Å². The number of amides is 1. The number of likely N-dealkylation sites (tertiary alicyclic amines) is 1. The maximum atomic E-state index is 12.4. The van der Waals surface area contributed by atoms with Crippen LogP contribution in [0.15, 0.2) is 0 Å². The monoisotopic (exact) mass is 296 g/mol. The van der Waals surface area contributed by atoms with Crippen molar-refractivity contribution in [3.05, 3.63) is 0 Å². The molecule has 2 rings (SSSR count). The van der Waals surface area contributed by atoms with Crippen molar-refractivity contribution in [2.45, 2.75) is 71.1 Å². The fourth-order valence-corrected chi connectivity index (χ4v) is 2.94. The van der Waals surface area contributed by atoms with E-state index in [1.165, 1.54) is 0 Å². The molecule has 1 amide bonds. The highest BCUT2D eigenvalue weighted by Gasteiger charge is 2.37. The fraction of sp³-hybridized carbons (Fsp3) is 0.875. The molecule has 1 saturated carbocycles. The zero-order valence-corrected chi connectivity index (χ0v) is 13.7. The predicted molar refractivity (Wildman–Crippen MR) is 80.8 cm³/mol. The van der Waals surface area contributed by atoms with Crippen LogP contribution in [-0.4, -0.2) is 59.0 Å². The van der Waals surface area contributed by atoms with Crippen molar-refractivity contribution in [1.82, 2.24) is 9.80 Å². The average molecular weight is 296 g/mol. The van der Waals surface area contributed by atoms with Crippen LogP contribution in [0.5, 0.6) is 0 Å². The van der Waals surface area contributed by atoms with Crippen LogP contribution in [0.25, 0.3) is 0 Å². The molecule has 0 radical (unpaired) electrons. The summed E-state index contributed by atoms with van der Waals surface area (Å²) in [6.45, 7) is 9.55. The van der Waals surface area contributed by atoms with Gasteiger partial charge in [0.2, 0.25) is 5.91 Å². The molecule has 0 spiro atoms. The van der Waals surface area contributed by atoms with Gasteiger partial charge in [0, 0.05) is 12.6 Å². The minimum Gasteiger partial charge on any atom is -0.459 e. The Bertz CT molecular complexity index is 399. The first-order valence-corrected chi connectivity index (χ1v) is 8.08. The molecule has 5 heteroatoms. The van der Waals surface area contributed by atoms with Crippen LogP contribution in [0, 0.1) is 0 Å². The molecule has 0 aromatic heterocycles. The Labute approximate surface area is 127 Å². The standard InChI is InChI=1S/C16H28N2O3/c1-5-18(12-8-9-12)14(19)11-17-10-6-7-13(17)15(20)21-16(2,3)4/h12-13H,5-11H2,1-4H3/t13-/m0/s1. The number of carbonyl (C=O) groups excluding carboxylic acids is 2. The molecule has 0 unspecified atom stereocenters. The smallest absolute Gasteiger partial charge is 0.323 e. The van der Waals surface area contributed by atoms with Crippen LogP contribution in [0.2, 0.25) is 0 Å². The lowest BCUT2D eigenvalue weighted by atomic mass is 10.1. The summed E-state index contributed by atoms with van der Waals surface area (Å²) in [6, 6.07) is 0.177. The summed E-state index contributed by atoms with van der Waals surface area (Å²) < 4.78 is 5.47. The summed E-state index contributed by atoms with van der Waals surface area (Å²) in [4.78, 5) is 28.6. The minimum absolute atomic E-state index is 0.149. The van der Waals surface area contributed by atoms with Gasteiger partial charge >= 0.3 is 5.97 Å². The summed E-state index contributed by atoms with van der Waals surface area (Å²) >= 11 is 0. The number of carbonyl (C=O) groups is 2. The number of hydrogen-bond donors (Lipinski definition) is 0. The molecule has 0 bridgehead atoms. The average Bonchev–Trinajstić information content (AvgIpc) is 3.07. The van der Waals surface area contributed by atoms with Gasteiger partial charge in [0.15, 0.2) is 0 Å². The first-order chi connectivity index (χ1) is 9.81. The van der Waals surface area contributed by atoms with Crippen molar-refractivity contribution in [2.24, 2.45) is 0 Å². The maximum absolute atomic E-state index is 12.4. The molecule has 0 aromatic rings. The highest BCUT2D eigenvalue weighted by molar-refractivity contribution is 5.81. The van der Waals surface area contributed by atoms with Crippen molar-refractivity contribution in [3.8, 4) is 0 Å². The van der Waals surface area contributed by atoms with Gasteiger partial charge in [-0.05, 0) is 59.9 Å². The van der Waals surface area contributed by atoms with Crippen LogP contribution in [-0.2, 0) is 14.3 Å². The van der Waals surface area contributed by atoms with E-state index in [9.17, 15) is 9.59 Å². The highest BCUT2D eigenvalue weighted by atomic mass is 16.6. The fourth-order valence-electron chi connectivity index (χ4n) is 2.94. The maximum Gasteiger partial charge on any atom is 0.323 e. The Morgan fingerprint density at radius 3 is 2.43 bits per heavy atom. The molecule has 0 aromatic carbocycles. The largest absolute Gasteiger partial charge is 0.459 e. The van der Waals surface area contributed by atoms with Gasteiger partial charge < -0.3 is 9.64 Å². The zero-order valence-electron chi connectivity index (χ0n) is 13.7. The Morgan fingerprint density at radius 2 is 1.90 bits per heavy atom. The SMILES string of the molecule is CCN(C(=O)CN1CCC[C@H]1C(=O)OC(C)(C)C)C1CC1. The normalized spacial score (nSPS) is 23.1. The quantitative estimate of drug-likeness (QED) is 0.726. The lowest BCUT2D eigenvalue weighted by molar-refractivity contribution is -0.160. The second kappa shape index (κ2) is 6.34. The number of esters is 1. The molecule has 1 heterocycles. The van der Waals surface area contributed by atoms with E-state index < -0.39 is 5.60 Å². The van der Waals surface area contributed by atoms with Crippen LogP contribution >= 0.6 is 0 Å². The molecular weight excluding hydrogens is 268 g/mol. The van der Waals surface area contributed by atoms with Crippen LogP contribution in [0.3, 0.4) is 0 Å². The van der Waals surface area contributed by atoms with Gasteiger partial charge in [0.05, 0.1) is 6.54 Å². The third-order valence-corrected chi connectivity index (χ3v) is 4.03. The molecule has 1 aliphatic carbocycles. The second-order valence-electron chi connectivity index (χ2n) is 7.07. The number of rotatable bonds is 5. The highest BCUT2D eigenvalue weighted by Crippen LogP contribution is 2.27. The molecule has 5 nitrogen and oxygen atoms in total. The summed E-state index contributed by atoms with van der Waals surface area (Å²) in [5, 5.41) is 0. The van der Waals surface area contributed by atoms with Gasteiger partial charge in [-0.25, -0.2) is 0 Å². The van der Waals surface area contributed by atoms with E-state index in [0.717, 1.165) is 38.8 Å². The van der Waals surface area contributed by atoms with Crippen molar-refractivity contribution in [2.75, 3.05) is 19.6 Å². The van der Waals surface area contributed by atoms with Crippen LogP contribution in [0.4, 0.5) is 0 Å². The van der Waals surface area contributed by atoms with Gasteiger partial charge in [-0.1, -0.05) is 0 Å². The van der Waals surface area contributed by atoms with Gasteiger partial charge in [-0.3, -0.25) is 14.5 Å². The van der Waals surface area contributed by atoms with Gasteiger partial charge in [0.25, 0.3) is 0 Å². The lowest BCUT2D eigenvalue weighted by Crippen LogP contribution is -2.46. The summed E-state index contributed by atoms with van der Waals surface area (Å²) in [5.74, 6) is -0.0438.